The smallest absolute Gasteiger partial charge is 0.242 e. The molecular formula is C7H12N2O2. The average Bonchev–Trinajstić information content (AvgIpc) is 2.18. The Morgan fingerprint density at radius 3 is 3.09 bits per heavy atom. The van der Waals surface area contributed by atoms with Gasteiger partial charge in [-0.1, -0.05) is 0 Å². The lowest BCUT2D eigenvalue weighted by Gasteiger charge is -2.10. The summed E-state index contributed by atoms with van der Waals surface area (Å²) in [6.45, 7) is 0.732. The van der Waals surface area contributed by atoms with Gasteiger partial charge in [0.2, 0.25) is 12.3 Å². The van der Waals surface area contributed by atoms with Crippen LogP contribution in [0.5, 0.6) is 0 Å². The average molecular weight is 156 g/mol. The van der Waals surface area contributed by atoms with Gasteiger partial charge in [0.05, 0.1) is 0 Å². The van der Waals surface area contributed by atoms with Gasteiger partial charge in [-0.3, -0.25) is 9.59 Å². The molecular weight excluding hydrogens is 144 g/mol. The lowest BCUT2D eigenvalue weighted by molar-refractivity contribution is -0.125. The third-order valence-corrected chi connectivity index (χ3v) is 1.80. The van der Waals surface area contributed by atoms with Crippen molar-refractivity contribution in [2.75, 3.05) is 6.54 Å². The molecule has 62 valence electrons. The SMILES string of the molecule is O=CN[C@H]1CCCCNC1=O. The highest BCUT2D eigenvalue weighted by Crippen LogP contribution is 2.03. The van der Waals surface area contributed by atoms with Crippen molar-refractivity contribution in [3.8, 4) is 0 Å². The van der Waals surface area contributed by atoms with Crippen LogP contribution in [-0.4, -0.2) is 24.9 Å². The first-order valence-electron chi connectivity index (χ1n) is 3.82. The van der Waals surface area contributed by atoms with Crippen molar-refractivity contribution in [3.63, 3.8) is 0 Å². The highest BCUT2D eigenvalue weighted by Gasteiger charge is 2.18. The zero-order valence-corrected chi connectivity index (χ0v) is 6.30. The van der Waals surface area contributed by atoms with Crippen LogP contribution in [0.4, 0.5) is 0 Å². The van der Waals surface area contributed by atoms with E-state index >= 15 is 0 Å². The number of amides is 2. The summed E-state index contributed by atoms with van der Waals surface area (Å²) in [5.41, 5.74) is 0. The molecule has 0 bridgehead atoms. The fourth-order valence-electron chi connectivity index (χ4n) is 1.18. The van der Waals surface area contributed by atoms with E-state index < -0.39 is 0 Å². The summed E-state index contributed by atoms with van der Waals surface area (Å²) in [6.07, 6.45) is 3.33. The normalized spacial score (nSPS) is 25.1. The third-order valence-electron chi connectivity index (χ3n) is 1.80. The van der Waals surface area contributed by atoms with Gasteiger partial charge in [-0.25, -0.2) is 0 Å². The fourth-order valence-corrected chi connectivity index (χ4v) is 1.18. The fraction of sp³-hybridized carbons (Fsp3) is 0.714. The minimum absolute atomic E-state index is 0.0606. The van der Waals surface area contributed by atoms with E-state index in [0.29, 0.717) is 6.41 Å². The van der Waals surface area contributed by atoms with Crippen molar-refractivity contribution in [3.05, 3.63) is 0 Å². The Kier molecular flexibility index (Phi) is 2.89. The van der Waals surface area contributed by atoms with E-state index in [-0.39, 0.29) is 11.9 Å². The molecule has 0 aromatic rings. The van der Waals surface area contributed by atoms with E-state index in [1.54, 1.807) is 0 Å². The van der Waals surface area contributed by atoms with E-state index in [2.05, 4.69) is 10.6 Å². The summed E-state index contributed by atoms with van der Waals surface area (Å²) in [5, 5.41) is 5.20. The molecule has 0 aromatic carbocycles. The first kappa shape index (κ1) is 8.04. The molecule has 11 heavy (non-hydrogen) atoms. The van der Waals surface area contributed by atoms with E-state index in [1.165, 1.54) is 0 Å². The van der Waals surface area contributed by atoms with Gasteiger partial charge >= 0.3 is 0 Å². The van der Waals surface area contributed by atoms with Gasteiger partial charge < -0.3 is 10.6 Å². The Morgan fingerprint density at radius 1 is 1.55 bits per heavy atom. The second-order valence-electron chi connectivity index (χ2n) is 2.62. The number of carbonyl (C=O) groups is 2. The number of hydrogen-bond acceptors (Lipinski definition) is 2. The van der Waals surface area contributed by atoms with Gasteiger partial charge in [0.15, 0.2) is 0 Å². The lowest BCUT2D eigenvalue weighted by Crippen LogP contribution is -2.42. The van der Waals surface area contributed by atoms with E-state index in [0.717, 1.165) is 25.8 Å². The highest BCUT2D eigenvalue weighted by molar-refractivity contribution is 5.83. The largest absolute Gasteiger partial charge is 0.354 e. The molecule has 1 aliphatic heterocycles. The highest BCUT2D eigenvalue weighted by atomic mass is 16.2. The summed E-state index contributed by atoms with van der Waals surface area (Å²) in [5.74, 6) is -0.0606. The van der Waals surface area contributed by atoms with Crippen LogP contribution < -0.4 is 10.6 Å². The third kappa shape index (κ3) is 2.22. The molecule has 0 unspecified atom stereocenters. The second kappa shape index (κ2) is 3.95. The summed E-state index contributed by atoms with van der Waals surface area (Å²) >= 11 is 0. The summed E-state index contributed by atoms with van der Waals surface area (Å²) in [4.78, 5) is 21.1. The Bertz CT molecular complexity index is 159. The number of carbonyl (C=O) groups excluding carboxylic acids is 2. The summed E-state index contributed by atoms with van der Waals surface area (Å²) < 4.78 is 0. The zero-order valence-electron chi connectivity index (χ0n) is 6.30. The molecule has 4 nitrogen and oxygen atoms in total. The molecule has 4 heteroatoms. The van der Waals surface area contributed by atoms with Gasteiger partial charge in [-0.15, -0.1) is 0 Å². The molecule has 0 aliphatic carbocycles. The number of hydrogen-bond donors (Lipinski definition) is 2. The Labute approximate surface area is 65.3 Å². The topological polar surface area (TPSA) is 58.2 Å². The van der Waals surface area contributed by atoms with Crippen LogP contribution in [0.15, 0.2) is 0 Å². The van der Waals surface area contributed by atoms with Crippen LogP contribution in [0, 0.1) is 0 Å². The first-order valence-corrected chi connectivity index (χ1v) is 3.82. The first-order chi connectivity index (χ1) is 5.34. The Balaban J connectivity index is 2.45. The van der Waals surface area contributed by atoms with Crippen molar-refractivity contribution in [2.45, 2.75) is 25.3 Å². The molecule has 1 rings (SSSR count). The van der Waals surface area contributed by atoms with Gasteiger partial charge in [0.1, 0.15) is 6.04 Å². The van der Waals surface area contributed by atoms with Crippen molar-refractivity contribution in [1.82, 2.24) is 10.6 Å². The van der Waals surface area contributed by atoms with Crippen molar-refractivity contribution in [1.29, 1.82) is 0 Å². The quantitative estimate of drug-likeness (QED) is 0.524. The molecule has 2 N–H and O–H groups in total. The Morgan fingerprint density at radius 2 is 2.36 bits per heavy atom. The zero-order chi connectivity index (χ0) is 8.10. The van der Waals surface area contributed by atoms with E-state index in [4.69, 9.17) is 0 Å². The maximum Gasteiger partial charge on any atom is 0.242 e. The van der Waals surface area contributed by atoms with Crippen LogP contribution in [0.1, 0.15) is 19.3 Å². The Hall–Kier alpha value is -1.06. The molecule has 1 heterocycles. The van der Waals surface area contributed by atoms with Crippen LogP contribution >= 0.6 is 0 Å². The lowest BCUT2D eigenvalue weighted by atomic mass is 10.1. The van der Waals surface area contributed by atoms with Crippen LogP contribution in [0.2, 0.25) is 0 Å². The summed E-state index contributed by atoms with van der Waals surface area (Å²) in [7, 11) is 0. The van der Waals surface area contributed by atoms with Gasteiger partial charge in [0, 0.05) is 6.54 Å². The maximum absolute atomic E-state index is 11.1. The predicted octanol–water partition coefficient (Wildman–Crippen LogP) is -0.599. The van der Waals surface area contributed by atoms with Crippen molar-refractivity contribution in [2.24, 2.45) is 0 Å². The summed E-state index contributed by atoms with van der Waals surface area (Å²) in [6, 6.07) is -0.310. The minimum Gasteiger partial charge on any atom is -0.354 e. The second-order valence-corrected chi connectivity index (χ2v) is 2.62. The standard InChI is InChI=1S/C7H12N2O2/c10-5-9-6-3-1-2-4-8-7(6)11/h5-6H,1-4H2,(H,8,11)(H,9,10)/t6-/m0/s1. The van der Waals surface area contributed by atoms with Crippen LogP contribution in [0.25, 0.3) is 0 Å². The molecule has 1 aliphatic rings. The molecule has 0 spiro atoms. The van der Waals surface area contributed by atoms with E-state index in [9.17, 15) is 9.59 Å². The number of rotatable bonds is 2. The van der Waals surface area contributed by atoms with Crippen molar-refractivity contribution >= 4 is 12.3 Å². The maximum atomic E-state index is 11.1. The van der Waals surface area contributed by atoms with E-state index in [1.807, 2.05) is 0 Å². The monoisotopic (exact) mass is 156 g/mol. The van der Waals surface area contributed by atoms with Gasteiger partial charge in [-0.2, -0.15) is 0 Å². The molecule has 2 amide bonds. The molecule has 0 radical (unpaired) electrons. The van der Waals surface area contributed by atoms with Crippen LogP contribution in [-0.2, 0) is 9.59 Å². The number of nitrogens with one attached hydrogen (secondary N) is 2. The molecule has 1 fully saturated rings. The van der Waals surface area contributed by atoms with Gasteiger partial charge in [0.25, 0.3) is 0 Å². The van der Waals surface area contributed by atoms with Crippen LogP contribution in [0.3, 0.4) is 0 Å². The molecule has 0 saturated carbocycles. The van der Waals surface area contributed by atoms with Crippen molar-refractivity contribution < 1.29 is 9.59 Å². The molecule has 1 atom stereocenters. The minimum atomic E-state index is -0.310. The van der Waals surface area contributed by atoms with Gasteiger partial charge in [-0.05, 0) is 19.3 Å². The molecule has 0 aromatic heterocycles. The molecule has 1 saturated heterocycles. The predicted molar refractivity (Wildman–Crippen MR) is 39.8 cm³/mol.